The number of ketones is 1. The van der Waals surface area contributed by atoms with Crippen molar-refractivity contribution in [1.82, 2.24) is 15.3 Å². The topological polar surface area (TPSA) is 81.2 Å². The third-order valence-corrected chi connectivity index (χ3v) is 3.10. The second kappa shape index (κ2) is 8.41. The summed E-state index contributed by atoms with van der Waals surface area (Å²) in [6, 6.07) is 7.34. The Morgan fingerprint density at radius 2 is 1.96 bits per heavy atom. The molecule has 1 amide bonds. The van der Waals surface area contributed by atoms with Crippen LogP contribution >= 0.6 is 0 Å². The average Bonchev–Trinajstić information content (AvgIpc) is 2.57. The van der Waals surface area contributed by atoms with Crippen LogP contribution in [0.3, 0.4) is 0 Å². The van der Waals surface area contributed by atoms with Gasteiger partial charge in [-0.1, -0.05) is 6.07 Å². The number of carbonyl (C=O) groups excluding carboxylic acids is 2. The minimum absolute atomic E-state index is 0.00636. The highest BCUT2D eigenvalue weighted by Gasteiger charge is 2.28. The Balaban J connectivity index is 1.96. The number of pyridine rings is 2. The summed E-state index contributed by atoms with van der Waals surface area (Å²) in [5, 5.41) is 2.60. The molecule has 0 saturated carbocycles. The lowest BCUT2D eigenvalue weighted by Crippen LogP contribution is -2.24. The van der Waals surface area contributed by atoms with E-state index < -0.39 is 18.7 Å². The number of rotatable bonds is 7. The molecule has 6 nitrogen and oxygen atoms in total. The molecule has 0 atom stereocenters. The van der Waals surface area contributed by atoms with Crippen molar-refractivity contribution in [3.63, 3.8) is 0 Å². The molecule has 0 fully saturated rings. The molecule has 138 valence electrons. The molecule has 0 aliphatic heterocycles. The number of nitrogens with one attached hydrogen (secondary N) is 1. The molecule has 2 aromatic heterocycles. The van der Waals surface area contributed by atoms with Crippen LogP contribution in [0.1, 0.15) is 28.7 Å². The fraction of sp³-hybridized carbons (Fsp3) is 0.294. The van der Waals surface area contributed by atoms with Crippen LogP contribution in [-0.2, 0) is 17.8 Å². The molecule has 1 N–H and O–H groups in total. The maximum Gasteiger partial charge on any atom is 0.422 e. The van der Waals surface area contributed by atoms with E-state index in [4.69, 9.17) is 0 Å². The van der Waals surface area contributed by atoms with Gasteiger partial charge in [0, 0.05) is 29.9 Å². The van der Waals surface area contributed by atoms with Gasteiger partial charge in [-0.25, -0.2) is 4.98 Å². The number of aromatic nitrogens is 2. The summed E-state index contributed by atoms with van der Waals surface area (Å²) in [5.74, 6) is -0.669. The van der Waals surface area contributed by atoms with E-state index in [1.54, 1.807) is 6.07 Å². The van der Waals surface area contributed by atoms with Crippen molar-refractivity contribution in [1.29, 1.82) is 0 Å². The summed E-state index contributed by atoms with van der Waals surface area (Å²) < 4.78 is 41.0. The van der Waals surface area contributed by atoms with Gasteiger partial charge in [0.15, 0.2) is 6.61 Å². The standard InChI is InChI=1S/C17H16F3N3O3/c1-11(24)7-14-8-12(5-6-21-14)16(25)22-9-13-3-2-4-15(23-13)26-10-17(18,19)20/h2-6,8H,7,9-10H2,1H3,(H,22,25). The lowest BCUT2D eigenvalue weighted by Gasteiger charge is -2.10. The van der Waals surface area contributed by atoms with Crippen molar-refractivity contribution in [2.45, 2.75) is 26.1 Å². The molecule has 2 heterocycles. The number of alkyl halides is 3. The molecule has 0 unspecified atom stereocenters. The van der Waals surface area contributed by atoms with Gasteiger partial charge in [-0.05, 0) is 25.1 Å². The minimum Gasteiger partial charge on any atom is -0.468 e. The smallest absolute Gasteiger partial charge is 0.422 e. The Morgan fingerprint density at radius 1 is 1.19 bits per heavy atom. The van der Waals surface area contributed by atoms with Crippen LogP contribution in [0.4, 0.5) is 13.2 Å². The lowest BCUT2D eigenvalue weighted by atomic mass is 10.1. The molecule has 0 radical (unpaired) electrons. The van der Waals surface area contributed by atoms with Crippen LogP contribution < -0.4 is 10.1 Å². The summed E-state index contributed by atoms with van der Waals surface area (Å²) in [7, 11) is 0. The number of amides is 1. The van der Waals surface area contributed by atoms with Crippen molar-refractivity contribution in [3.8, 4) is 5.88 Å². The molecule has 0 aromatic carbocycles. The van der Waals surface area contributed by atoms with Gasteiger partial charge in [-0.15, -0.1) is 0 Å². The van der Waals surface area contributed by atoms with E-state index in [0.717, 1.165) is 0 Å². The van der Waals surface area contributed by atoms with Crippen LogP contribution in [0.15, 0.2) is 36.5 Å². The fourth-order valence-electron chi connectivity index (χ4n) is 2.04. The summed E-state index contributed by atoms with van der Waals surface area (Å²) in [6.45, 7) is -0.00783. The number of hydrogen-bond acceptors (Lipinski definition) is 5. The van der Waals surface area contributed by atoms with Crippen molar-refractivity contribution < 1.29 is 27.5 Å². The molecule has 2 rings (SSSR count). The second-order valence-electron chi connectivity index (χ2n) is 5.47. The van der Waals surface area contributed by atoms with E-state index in [0.29, 0.717) is 17.0 Å². The molecule has 0 aliphatic rings. The first-order valence-corrected chi connectivity index (χ1v) is 7.61. The number of halogens is 3. The molecule has 0 spiro atoms. The van der Waals surface area contributed by atoms with Gasteiger partial charge in [-0.2, -0.15) is 13.2 Å². The fourth-order valence-corrected chi connectivity index (χ4v) is 2.04. The number of hydrogen-bond donors (Lipinski definition) is 1. The Hall–Kier alpha value is -2.97. The van der Waals surface area contributed by atoms with Gasteiger partial charge in [-0.3, -0.25) is 14.6 Å². The van der Waals surface area contributed by atoms with Crippen LogP contribution in [0.2, 0.25) is 0 Å². The van der Waals surface area contributed by atoms with Crippen LogP contribution in [0.5, 0.6) is 5.88 Å². The van der Waals surface area contributed by atoms with Crippen molar-refractivity contribution in [2.75, 3.05) is 6.61 Å². The van der Waals surface area contributed by atoms with Gasteiger partial charge in [0.05, 0.1) is 12.2 Å². The van der Waals surface area contributed by atoms with Gasteiger partial charge in [0.1, 0.15) is 5.78 Å². The van der Waals surface area contributed by atoms with E-state index >= 15 is 0 Å². The van der Waals surface area contributed by atoms with E-state index in [1.807, 2.05) is 0 Å². The zero-order valence-electron chi connectivity index (χ0n) is 13.8. The Kier molecular flexibility index (Phi) is 6.26. The van der Waals surface area contributed by atoms with Crippen molar-refractivity contribution in [3.05, 3.63) is 53.5 Å². The molecular formula is C17H16F3N3O3. The van der Waals surface area contributed by atoms with Gasteiger partial charge < -0.3 is 10.1 Å². The maximum absolute atomic E-state index is 12.2. The Labute approximate surface area is 147 Å². The summed E-state index contributed by atoms with van der Waals surface area (Å²) >= 11 is 0. The van der Waals surface area contributed by atoms with Crippen LogP contribution in [0.25, 0.3) is 0 Å². The highest BCUT2D eigenvalue weighted by molar-refractivity contribution is 5.94. The van der Waals surface area contributed by atoms with Crippen LogP contribution in [-0.4, -0.2) is 34.4 Å². The molecule has 0 aliphatic carbocycles. The molecular weight excluding hydrogens is 351 g/mol. The predicted octanol–water partition coefficient (Wildman–Crippen LogP) is 2.48. The second-order valence-corrected chi connectivity index (χ2v) is 5.47. The first-order valence-electron chi connectivity index (χ1n) is 7.61. The number of carbonyl (C=O) groups is 2. The largest absolute Gasteiger partial charge is 0.468 e. The Bertz CT molecular complexity index is 794. The third kappa shape index (κ3) is 6.50. The highest BCUT2D eigenvalue weighted by atomic mass is 19.4. The minimum atomic E-state index is -4.45. The summed E-state index contributed by atoms with van der Waals surface area (Å²) in [6.07, 6.45) is -2.90. The first-order chi connectivity index (χ1) is 12.2. The summed E-state index contributed by atoms with van der Waals surface area (Å²) in [4.78, 5) is 31.2. The first kappa shape index (κ1) is 19.4. The molecule has 26 heavy (non-hydrogen) atoms. The lowest BCUT2D eigenvalue weighted by molar-refractivity contribution is -0.154. The quantitative estimate of drug-likeness (QED) is 0.813. The van der Waals surface area contributed by atoms with E-state index in [-0.39, 0.29) is 24.6 Å². The van der Waals surface area contributed by atoms with Crippen LogP contribution in [0, 0.1) is 0 Å². The number of Topliss-reactive ketones (excluding diaryl/α,β-unsaturated/α-hetero) is 1. The maximum atomic E-state index is 12.2. The third-order valence-electron chi connectivity index (χ3n) is 3.10. The zero-order chi connectivity index (χ0) is 19.2. The number of ether oxygens (including phenoxy) is 1. The predicted molar refractivity (Wildman–Crippen MR) is 85.6 cm³/mol. The molecule has 0 bridgehead atoms. The number of nitrogens with zero attached hydrogens (tertiary/aromatic N) is 2. The molecule has 2 aromatic rings. The van der Waals surface area contributed by atoms with Gasteiger partial charge >= 0.3 is 6.18 Å². The van der Waals surface area contributed by atoms with E-state index in [1.165, 1.54) is 37.4 Å². The Morgan fingerprint density at radius 3 is 2.65 bits per heavy atom. The molecule has 9 heteroatoms. The van der Waals surface area contributed by atoms with Gasteiger partial charge in [0.2, 0.25) is 5.88 Å². The van der Waals surface area contributed by atoms with Crippen molar-refractivity contribution in [2.24, 2.45) is 0 Å². The van der Waals surface area contributed by atoms with Crippen molar-refractivity contribution >= 4 is 11.7 Å². The van der Waals surface area contributed by atoms with E-state index in [9.17, 15) is 22.8 Å². The zero-order valence-corrected chi connectivity index (χ0v) is 13.8. The molecule has 0 saturated heterocycles. The highest BCUT2D eigenvalue weighted by Crippen LogP contribution is 2.17. The average molecular weight is 367 g/mol. The van der Waals surface area contributed by atoms with E-state index in [2.05, 4.69) is 20.0 Å². The summed E-state index contributed by atoms with van der Waals surface area (Å²) in [5.41, 5.74) is 1.14. The normalized spacial score (nSPS) is 11.1. The SMILES string of the molecule is CC(=O)Cc1cc(C(=O)NCc2cccc(OCC(F)(F)F)n2)ccn1. The van der Waals surface area contributed by atoms with Gasteiger partial charge in [0.25, 0.3) is 5.91 Å². The monoisotopic (exact) mass is 367 g/mol.